The summed E-state index contributed by atoms with van der Waals surface area (Å²) in [5.41, 5.74) is 0.400. The predicted molar refractivity (Wildman–Crippen MR) is 52.1 cm³/mol. The van der Waals surface area contributed by atoms with E-state index in [-0.39, 0.29) is 0 Å². The van der Waals surface area contributed by atoms with Gasteiger partial charge in [0.1, 0.15) is 0 Å². The van der Waals surface area contributed by atoms with Crippen molar-refractivity contribution < 1.29 is 0 Å². The number of piperidine rings is 2. The molecule has 3 atom stereocenters. The van der Waals surface area contributed by atoms with Crippen molar-refractivity contribution in [2.45, 2.75) is 39.7 Å². The van der Waals surface area contributed by atoms with Gasteiger partial charge in [0.05, 0.1) is 0 Å². The standard InChI is InChI=1S/C11H21N/c1-8-9-5-10(8)7-12(6-9)11(2,3)4/h8-10H,5-7H2,1-4H3/t8?,9-,10+. The van der Waals surface area contributed by atoms with Crippen LogP contribution in [0.15, 0.2) is 0 Å². The zero-order valence-corrected chi connectivity index (χ0v) is 8.80. The van der Waals surface area contributed by atoms with Crippen LogP contribution in [-0.2, 0) is 0 Å². The molecule has 3 aliphatic rings. The lowest BCUT2D eigenvalue weighted by Gasteiger charge is -2.56. The van der Waals surface area contributed by atoms with Crippen molar-refractivity contribution in [2.75, 3.05) is 13.1 Å². The quantitative estimate of drug-likeness (QED) is 0.535. The van der Waals surface area contributed by atoms with Gasteiger partial charge in [-0.1, -0.05) is 6.92 Å². The molecule has 2 heterocycles. The molecule has 0 aromatic rings. The van der Waals surface area contributed by atoms with Crippen molar-refractivity contribution >= 4 is 0 Å². The highest BCUT2D eigenvalue weighted by Crippen LogP contribution is 2.46. The summed E-state index contributed by atoms with van der Waals surface area (Å²) in [7, 11) is 0. The Bertz CT molecular complexity index is 168. The third-order valence-electron chi connectivity index (χ3n) is 3.95. The largest absolute Gasteiger partial charge is 0.298 e. The molecule has 0 spiro atoms. The number of nitrogens with zero attached hydrogens (tertiary/aromatic N) is 1. The van der Waals surface area contributed by atoms with Gasteiger partial charge in [-0.25, -0.2) is 0 Å². The number of rotatable bonds is 0. The summed E-state index contributed by atoms with van der Waals surface area (Å²) in [5.74, 6) is 3.05. The highest BCUT2D eigenvalue weighted by atomic mass is 15.2. The molecule has 1 unspecified atom stereocenters. The number of hydrogen-bond donors (Lipinski definition) is 0. The van der Waals surface area contributed by atoms with Crippen molar-refractivity contribution in [3.05, 3.63) is 0 Å². The van der Waals surface area contributed by atoms with Crippen LogP contribution in [-0.4, -0.2) is 23.5 Å². The fraction of sp³-hybridized carbons (Fsp3) is 1.00. The van der Waals surface area contributed by atoms with Gasteiger partial charge in [-0.15, -0.1) is 0 Å². The summed E-state index contributed by atoms with van der Waals surface area (Å²) >= 11 is 0. The third kappa shape index (κ3) is 1.19. The van der Waals surface area contributed by atoms with E-state index in [1.165, 1.54) is 19.5 Å². The van der Waals surface area contributed by atoms with Crippen LogP contribution in [0.1, 0.15) is 34.1 Å². The molecule has 12 heavy (non-hydrogen) atoms. The summed E-state index contributed by atoms with van der Waals surface area (Å²) in [5, 5.41) is 0. The van der Waals surface area contributed by atoms with Gasteiger partial charge in [-0.3, -0.25) is 4.90 Å². The highest BCUT2D eigenvalue weighted by Gasteiger charge is 2.45. The van der Waals surface area contributed by atoms with Gasteiger partial charge in [-0.05, 0) is 44.9 Å². The average Bonchev–Trinajstić information content (AvgIpc) is 2.02. The molecule has 3 fully saturated rings. The Labute approximate surface area is 76.1 Å². The minimum Gasteiger partial charge on any atom is -0.298 e. The van der Waals surface area contributed by atoms with E-state index in [0.717, 1.165) is 17.8 Å². The molecule has 1 aliphatic carbocycles. The molecule has 1 nitrogen and oxygen atoms in total. The van der Waals surface area contributed by atoms with Crippen LogP contribution >= 0.6 is 0 Å². The van der Waals surface area contributed by atoms with Crippen molar-refractivity contribution in [2.24, 2.45) is 17.8 Å². The van der Waals surface area contributed by atoms with E-state index in [1.54, 1.807) is 0 Å². The van der Waals surface area contributed by atoms with Crippen LogP contribution < -0.4 is 0 Å². The second-order valence-electron chi connectivity index (χ2n) is 5.69. The molecule has 0 N–H and O–H groups in total. The Hall–Kier alpha value is -0.0400. The van der Waals surface area contributed by atoms with E-state index in [2.05, 4.69) is 32.6 Å². The third-order valence-corrected chi connectivity index (χ3v) is 3.95. The first kappa shape index (κ1) is 8.55. The minimum absolute atomic E-state index is 0.400. The van der Waals surface area contributed by atoms with Gasteiger partial charge in [0.2, 0.25) is 0 Å². The van der Waals surface area contributed by atoms with Gasteiger partial charge in [0.15, 0.2) is 0 Å². The molecular weight excluding hydrogens is 146 g/mol. The van der Waals surface area contributed by atoms with Gasteiger partial charge < -0.3 is 0 Å². The van der Waals surface area contributed by atoms with Gasteiger partial charge in [0, 0.05) is 18.6 Å². The second kappa shape index (κ2) is 2.47. The van der Waals surface area contributed by atoms with E-state index in [9.17, 15) is 0 Å². The van der Waals surface area contributed by atoms with E-state index < -0.39 is 0 Å². The van der Waals surface area contributed by atoms with Crippen LogP contribution in [0.25, 0.3) is 0 Å². The first-order chi connectivity index (χ1) is 5.48. The maximum Gasteiger partial charge on any atom is 0.0125 e. The van der Waals surface area contributed by atoms with Crippen molar-refractivity contribution in [1.82, 2.24) is 4.90 Å². The molecule has 0 aromatic heterocycles. The number of hydrogen-bond acceptors (Lipinski definition) is 1. The smallest absolute Gasteiger partial charge is 0.0125 e. The molecule has 2 bridgehead atoms. The van der Waals surface area contributed by atoms with Crippen LogP contribution in [0, 0.1) is 17.8 Å². The van der Waals surface area contributed by atoms with E-state index in [1.807, 2.05) is 0 Å². The first-order valence-corrected chi connectivity index (χ1v) is 5.23. The number of fused-ring (bicyclic) bond motifs is 2. The average molecular weight is 167 g/mol. The van der Waals surface area contributed by atoms with E-state index in [0.29, 0.717) is 5.54 Å². The Morgan fingerprint density at radius 2 is 1.58 bits per heavy atom. The van der Waals surface area contributed by atoms with Crippen molar-refractivity contribution in [1.29, 1.82) is 0 Å². The molecule has 0 aromatic carbocycles. The van der Waals surface area contributed by atoms with Crippen molar-refractivity contribution in [3.63, 3.8) is 0 Å². The molecule has 1 heteroatoms. The first-order valence-electron chi connectivity index (χ1n) is 5.23. The molecule has 1 saturated carbocycles. The summed E-state index contributed by atoms with van der Waals surface area (Å²) in [4.78, 5) is 2.66. The van der Waals surface area contributed by atoms with Gasteiger partial charge >= 0.3 is 0 Å². The summed E-state index contributed by atoms with van der Waals surface area (Å²) < 4.78 is 0. The second-order valence-corrected chi connectivity index (χ2v) is 5.69. The lowest BCUT2D eigenvalue weighted by atomic mass is 9.62. The van der Waals surface area contributed by atoms with Gasteiger partial charge in [-0.2, -0.15) is 0 Å². The fourth-order valence-electron chi connectivity index (χ4n) is 2.68. The molecule has 3 rings (SSSR count). The van der Waals surface area contributed by atoms with Crippen LogP contribution in [0.5, 0.6) is 0 Å². The van der Waals surface area contributed by atoms with Crippen LogP contribution in [0.3, 0.4) is 0 Å². The normalized spacial score (nSPS) is 42.5. The van der Waals surface area contributed by atoms with E-state index in [4.69, 9.17) is 0 Å². The Kier molecular flexibility index (Phi) is 1.76. The zero-order valence-electron chi connectivity index (χ0n) is 8.80. The maximum absolute atomic E-state index is 2.66. The minimum atomic E-state index is 0.400. The van der Waals surface area contributed by atoms with Crippen LogP contribution in [0.4, 0.5) is 0 Å². The van der Waals surface area contributed by atoms with E-state index >= 15 is 0 Å². The molecule has 2 aliphatic heterocycles. The highest BCUT2D eigenvalue weighted by molar-refractivity contribution is 4.97. The molecule has 70 valence electrons. The monoisotopic (exact) mass is 167 g/mol. The Morgan fingerprint density at radius 1 is 1.08 bits per heavy atom. The fourth-order valence-corrected chi connectivity index (χ4v) is 2.68. The Morgan fingerprint density at radius 3 is 1.92 bits per heavy atom. The lowest BCUT2D eigenvalue weighted by Crippen LogP contribution is -2.59. The lowest BCUT2D eigenvalue weighted by molar-refractivity contribution is -0.0687. The molecule has 2 saturated heterocycles. The zero-order chi connectivity index (χ0) is 8.93. The van der Waals surface area contributed by atoms with Crippen molar-refractivity contribution in [3.8, 4) is 0 Å². The molecule has 0 amide bonds. The summed E-state index contributed by atoms with van der Waals surface area (Å²) in [6.07, 6.45) is 1.51. The SMILES string of the molecule is CC1[C@@H]2C[C@H]1CN(C(C)(C)C)C2. The summed E-state index contributed by atoms with van der Waals surface area (Å²) in [6.45, 7) is 12.1. The predicted octanol–water partition coefficient (Wildman–Crippen LogP) is 2.37. The van der Waals surface area contributed by atoms with Gasteiger partial charge in [0.25, 0.3) is 0 Å². The molecular formula is C11H21N. The topological polar surface area (TPSA) is 3.24 Å². The maximum atomic E-state index is 2.66. The molecule has 0 radical (unpaired) electrons. The Balaban J connectivity index is 1.99. The van der Waals surface area contributed by atoms with Crippen LogP contribution in [0.2, 0.25) is 0 Å². The summed E-state index contributed by atoms with van der Waals surface area (Å²) in [6, 6.07) is 0.